The van der Waals surface area contributed by atoms with E-state index < -0.39 is 0 Å². The third-order valence-electron chi connectivity index (χ3n) is 1.69. The molecule has 2 nitrogen and oxygen atoms in total. The molecule has 0 radical (unpaired) electrons. The summed E-state index contributed by atoms with van der Waals surface area (Å²) in [6.45, 7) is 2.92. The summed E-state index contributed by atoms with van der Waals surface area (Å²) >= 11 is 0. The number of rotatable bonds is 7. The van der Waals surface area contributed by atoms with Crippen LogP contribution in [0.25, 0.3) is 0 Å². The molecule has 0 aromatic rings. The third-order valence-corrected chi connectivity index (χ3v) is 3.69. The molecule has 0 heterocycles. The second-order valence-corrected chi connectivity index (χ2v) is 4.86. The van der Waals surface area contributed by atoms with Crippen LogP contribution in [0.1, 0.15) is 26.2 Å². The summed E-state index contributed by atoms with van der Waals surface area (Å²) < 4.78 is 0. The van der Waals surface area contributed by atoms with Crippen molar-refractivity contribution in [2.75, 3.05) is 6.54 Å². The lowest BCUT2D eigenvalue weighted by Crippen LogP contribution is -1.90. The Labute approximate surface area is 70.9 Å². The fourth-order valence-corrected chi connectivity index (χ4v) is 2.80. The Morgan fingerprint density at radius 1 is 1.36 bits per heavy atom. The first-order chi connectivity index (χ1) is 5.41. The van der Waals surface area contributed by atoms with Crippen LogP contribution in [0.2, 0.25) is 12.1 Å². The highest BCUT2D eigenvalue weighted by molar-refractivity contribution is 6.35. The zero-order valence-electron chi connectivity index (χ0n) is 7.31. The first-order valence-electron chi connectivity index (χ1n) is 4.45. The summed E-state index contributed by atoms with van der Waals surface area (Å²) in [7, 11) is 0.183. The standard InChI is InChI=1S/C8H17NOSi/c1-2-3-6-11-7-4-5-9-8-10/h2-7,11H2,1H3. The number of hydrogen-bond acceptors (Lipinski definition) is 2. The maximum absolute atomic E-state index is 9.66. The molecule has 0 aliphatic rings. The fraction of sp³-hybridized carbons (Fsp3) is 0.875. The average molecular weight is 171 g/mol. The molecule has 0 atom stereocenters. The predicted octanol–water partition coefficient (Wildman–Crippen LogP) is 1.52. The van der Waals surface area contributed by atoms with E-state index in [1.165, 1.54) is 24.9 Å². The second-order valence-electron chi connectivity index (χ2n) is 2.74. The van der Waals surface area contributed by atoms with Crippen LogP contribution in [-0.4, -0.2) is 22.1 Å². The number of carbonyl (C=O) groups excluding carboxylic acids is 1. The summed E-state index contributed by atoms with van der Waals surface area (Å²) in [5, 5.41) is 0. The van der Waals surface area contributed by atoms with Crippen molar-refractivity contribution in [2.24, 2.45) is 4.99 Å². The summed E-state index contributed by atoms with van der Waals surface area (Å²) in [6.07, 6.45) is 5.37. The highest BCUT2D eigenvalue weighted by Gasteiger charge is 1.88. The van der Waals surface area contributed by atoms with E-state index in [1.807, 2.05) is 0 Å². The maximum atomic E-state index is 9.66. The van der Waals surface area contributed by atoms with Crippen LogP contribution in [0.15, 0.2) is 4.99 Å². The van der Waals surface area contributed by atoms with E-state index >= 15 is 0 Å². The van der Waals surface area contributed by atoms with Gasteiger partial charge in [-0.3, -0.25) is 0 Å². The van der Waals surface area contributed by atoms with Gasteiger partial charge in [0.1, 0.15) is 0 Å². The van der Waals surface area contributed by atoms with Crippen molar-refractivity contribution in [3.63, 3.8) is 0 Å². The first kappa shape index (κ1) is 10.6. The van der Waals surface area contributed by atoms with Crippen LogP contribution in [0.5, 0.6) is 0 Å². The predicted molar refractivity (Wildman–Crippen MR) is 50.7 cm³/mol. The maximum Gasteiger partial charge on any atom is 0.234 e. The highest BCUT2D eigenvalue weighted by atomic mass is 28.2. The minimum absolute atomic E-state index is 0.183. The van der Waals surface area contributed by atoms with Gasteiger partial charge < -0.3 is 0 Å². The molecule has 0 spiro atoms. The van der Waals surface area contributed by atoms with E-state index in [1.54, 1.807) is 6.08 Å². The monoisotopic (exact) mass is 171 g/mol. The Morgan fingerprint density at radius 2 is 2.09 bits per heavy atom. The van der Waals surface area contributed by atoms with Gasteiger partial charge in [-0.15, -0.1) is 0 Å². The molecule has 0 rings (SSSR count). The Morgan fingerprint density at radius 3 is 2.73 bits per heavy atom. The number of unbranched alkanes of at least 4 members (excludes halogenated alkanes) is 1. The van der Waals surface area contributed by atoms with Gasteiger partial charge in [0.15, 0.2) is 0 Å². The van der Waals surface area contributed by atoms with Gasteiger partial charge in [0.25, 0.3) is 0 Å². The minimum Gasteiger partial charge on any atom is -0.211 e. The summed E-state index contributed by atoms with van der Waals surface area (Å²) in [5.74, 6) is 0. The topological polar surface area (TPSA) is 29.4 Å². The Bertz CT molecular complexity index is 121. The SMILES string of the molecule is CCCC[SiH2]CCCN=C=O. The first-order valence-corrected chi connectivity index (χ1v) is 6.45. The fourth-order valence-electron chi connectivity index (χ4n) is 1.02. The van der Waals surface area contributed by atoms with E-state index in [9.17, 15) is 4.79 Å². The molecular formula is C8H17NOSi. The van der Waals surface area contributed by atoms with Crippen molar-refractivity contribution in [2.45, 2.75) is 38.3 Å². The van der Waals surface area contributed by atoms with Gasteiger partial charge in [0.05, 0.1) is 6.54 Å². The lowest BCUT2D eigenvalue weighted by Gasteiger charge is -1.95. The molecule has 11 heavy (non-hydrogen) atoms. The summed E-state index contributed by atoms with van der Waals surface area (Å²) in [5.41, 5.74) is 0. The van der Waals surface area contributed by atoms with E-state index in [2.05, 4.69) is 11.9 Å². The Hall–Kier alpha value is -0.403. The molecule has 0 aliphatic carbocycles. The second kappa shape index (κ2) is 9.60. The molecule has 0 amide bonds. The molecule has 0 aromatic carbocycles. The van der Waals surface area contributed by atoms with Crippen molar-refractivity contribution in [1.29, 1.82) is 0 Å². The van der Waals surface area contributed by atoms with Gasteiger partial charge in [-0.25, -0.2) is 9.79 Å². The Kier molecular flexibility index (Phi) is 9.25. The normalized spacial score (nSPS) is 10.3. The molecule has 0 aliphatic heterocycles. The average Bonchev–Trinajstić information content (AvgIpc) is 2.03. The van der Waals surface area contributed by atoms with Crippen LogP contribution in [0, 0.1) is 0 Å². The molecule has 0 saturated carbocycles. The van der Waals surface area contributed by atoms with Gasteiger partial charge in [-0.2, -0.15) is 0 Å². The number of isocyanates is 1. The largest absolute Gasteiger partial charge is 0.234 e. The van der Waals surface area contributed by atoms with Crippen LogP contribution >= 0.6 is 0 Å². The summed E-state index contributed by atoms with van der Waals surface area (Å²) in [4.78, 5) is 13.2. The molecule has 0 saturated heterocycles. The molecule has 0 unspecified atom stereocenters. The van der Waals surface area contributed by atoms with Crippen molar-refractivity contribution in [3.05, 3.63) is 0 Å². The molecule has 3 heteroatoms. The van der Waals surface area contributed by atoms with E-state index in [4.69, 9.17) is 0 Å². The number of nitrogens with zero attached hydrogens (tertiary/aromatic N) is 1. The number of hydrogen-bond donors (Lipinski definition) is 0. The highest BCUT2D eigenvalue weighted by Crippen LogP contribution is 1.98. The van der Waals surface area contributed by atoms with Gasteiger partial charge in [-0.05, 0) is 6.42 Å². The van der Waals surface area contributed by atoms with Crippen molar-refractivity contribution in [1.82, 2.24) is 0 Å². The minimum atomic E-state index is 0.183. The van der Waals surface area contributed by atoms with E-state index in [0.717, 1.165) is 6.42 Å². The molecule has 64 valence electrons. The lowest BCUT2D eigenvalue weighted by atomic mass is 10.4. The quantitative estimate of drug-likeness (QED) is 0.247. The molecule has 0 N–H and O–H groups in total. The van der Waals surface area contributed by atoms with Gasteiger partial charge in [-0.1, -0.05) is 31.9 Å². The molecule has 0 aromatic heterocycles. The molecule has 0 fully saturated rings. The van der Waals surface area contributed by atoms with Crippen LogP contribution < -0.4 is 0 Å². The van der Waals surface area contributed by atoms with Crippen molar-refractivity contribution in [3.8, 4) is 0 Å². The van der Waals surface area contributed by atoms with Crippen molar-refractivity contribution < 1.29 is 4.79 Å². The zero-order valence-corrected chi connectivity index (χ0v) is 8.72. The summed E-state index contributed by atoms with van der Waals surface area (Å²) in [6, 6.07) is 2.80. The van der Waals surface area contributed by atoms with Crippen LogP contribution in [-0.2, 0) is 4.79 Å². The van der Waals surface area contributed by atoms with E-state index in [-0.39, 0.29) is 9.52 Å². The lowest BCUT2D eigenvalue weighted by molar-refractivity contribution is 0.562. The third kappa shape index (κ3) is 9.60. The van der Waals surface area contributed by atoms with Crippen LogP contribution in [0.3, 0.4) is 0 Å². The number of aliphatic imine (C=N–C) groups is 1. The van der Waals surface area contributed by atoms with Gasteiger partial charge in [0, 0.05) is 9.52 Å². The molecular weight excluding hydrogens is 154 g/mol. The zero-order chi connectivity index (χ0) is 8.36. The smallest absolute Gasteiger partial charge is 0.211 e. The van der Waals surface area contributed by atoms with E-state index in [0.29, 0.717) is 6.54 Å². The van der Waals surface area contributed by atoms with Gasteiger partial charge in [0.2, 0.25) is 6.08 Å². The van der Waals surface area contributed by atoms with Crippen molar-refractivity contribution >= 4 is 15.6 Å². The Balaban J connectivity index is 2.84. The van der Waals surface area contributed by atoms with Crippen LogP contribution in [0.4, 0.5) is 0 Å². The molecule has 0 bridgehead atoms. The van der Waals surface area contributed by atoms with Gasteiger partial charge >= 0.3 is 0 Å².